The van der Waals surface area contributed by atoms with Gasteiger partial charge >= 0.3 is 6.18 Å². The molecule has 1 heterocycles. The summed E-state index contributed by atoms with van der Waals surface area (Å²) in [6.07, 6.45) is -4.47. The number of nitrogens with zero attached hydrogens (tertiary/aromatic N) is 2. The molecule has 0 saturated carbocycles. The van der Waals surface area contributed by atoms with Gasteiger partial charge in [0, 0.05) is 18.7 Å². The van der Waals surface area contributed by atoms with Crippen molar-refractivity contribution in [2.24, 2.45) is 0 Å². The molecule has 3 rings (SSSR count). The van der Waals surface area contributed by atoms with Gasteiger partial charge in [-0.25, -0.2) is 0 Å². The van der Waals surface area contributed by atoms with E-state index in [1.807, 2.05) is 0 Å². The van der Waals surface area contributed by atoms with Crippen molar-refractivity contribution in [1.29, 1.82) is 0 Å². The van der Waals surface area contributed by atoms with Gasteiger partial charge in [-0.05, 0) is 43.3 Å². The standard InChI is InChI=1S/C19H16ClF3N2O2/c1-12-17(26)25(16-5-3-2-4-15(16)20)11-10-24(12)18(27)13-6-8-14(9-7-13)19(21,22)23/h2-9,12H,10-11H2,1H3/t12-/m0/s1. The lowest BCUT2D eigenvalue weighted by atomic mass is 10.1. The molecule has 0 aromatic heterocycles. The van der Waals surface area contributed by atoms with Crippen LogP contribution >= 0.6 is 11.6 Å². The van der Waals surface area contributed by atoms with Gasteiger partial charge in [0.15, 0.2) is 0 Å². The molecule has 2 aromatic carbocycles. The van der Waals surface area contributed by atoms with Gasteiger partial charge in [0.25, 0.3) is 5.91 Å². The number of amides is 2. The van der Waals surface area contributed by atoms with Gasteiger partial charge < -0.3 is 9.80 Å². The molecule has 142 valence electrons. The fourth-order valence-corrected chi connectivity index (χ4v) is 3.26. The number of carbonyl (C=O) groups excluding carboxylic acids is 2. The first-order chi connectivity index (χ1) is 12.7. The normalized spacial score (nSPS) is 18.0. The highest BCUT2D eigenvalue weighted by Gasteiger charge is 2.36. The maximum Gasteiger partial charge on any atom is 0.416 e. The van der Waals surface area contributed by atoms with E-state index in [1.54, 1.807) is 31.2 Å². The number of anilines is 1. The maximum absolute atomic E-state index is 12.7. The van der Waals surface area contributed by atoms with E-state index in [1.165, 1.54) is 9.80 Å². The van der Waals surface area contributed by atoms with E-state index in [4.69, 9.17) is 11.6 Å². The first-order valence-corrected chi connectivity index (χ1v) is 8.62. The van der Waals surface area contributed by atoms with Crippen LogP contribution in [0.25, 0.3) is 0 Å². The number of rotatable bonds is 2. The number of halogens is 4. The number of hydrogen-bond acceptors (Lipinski definition) is 2. The van der Waals surface area contributed by atoms with Gasteiger partial charge in [0.05, 0.1) is 16.3 Å². The lowest BCUT2D eigenvalue weighted by molar-refractivity contribution is -0.137. The summed E-state index contributed by atoms with van der Waals surface area (Å²) in [6.45, 7) is 2.09. The molecule has 0 unspecified atom stereocenters. The third-order valence-corrected chi connectivity index (χ3v) is 4.84. The number of alkyl halides is 3. The van der Waals surface area contributed by atoms with Gasteiger partial charge in [-0.1, -0.05) is 23.7 Å². The van der Waals surface area contributed by atoms with Crippen molar-refractivity contribution in [3.8, 4) is 0 Å². The van der Waals surface area contributed by atoms with E-state index in [0.717, 1.165) is 24.3 Å². The molecule has 1 saturated heterocycles. The van der Waals surface area contributed by atoms with Crippen LogP contribution in [0.2, 0.25) is 5.02 Å². The number of piperazine rings is 1. The number of benzene rings is 2. The maximum atomic E-state index is 12.7. The van der Waals surface area contributed by atoms with Crippen molar-refractivity contribution in [2.45, 2.75) is 19.1 Å². The summed E-state index contributed by atoms with van der Waals surface area (Å²) in [5, 5.41) is 0.431. The first-order valence-electron chi connectivity index (χ1n) is 8.24. The monoisotopic (exact) mass is 396 g/mol. The first kappa shape index (κ1) is 19.2. The Morgan fingerprint density at radius 3 is 2.30 bits per heavy atom. The molecule has 0 radical (unpaired) electrons. The molecular weight excluding hydrogens is 381 g/mol. The minimum atomic E-state index is -4.47. The Morgan fingerprint density at radius 1 is 1.07 bits per heavy atom. The number of para-hydroxylation sites is 1. The molecule has 0 aliphatic carbocycles. The Balaban J connectivity index is 1.78. The average Bonchev–Trinajstić information content (AvgIpc) is 2.63. The zero-order valence-corrected chi connectivity index (χ0v) is 15.1. The zero-order chi connectivity index (χ0) is 19.8. The summed E-state index contributed by atoms with van der Waals surface area (Å²) in [5.74, 6) is -0.780. The van der Waals surface area contributed by atoms with Crippen LogP contribution in [0.1, 0.15) is 22.8 Å². The van der Waals surface area contributed by atoms with Crippen LogP contribution in [0.15, 0.2) is 48.5 Å². The molecule has 0 N–H and O–H groups in total. The number of hydrogen-bond donors (Lipinski definition) is 0. The van der Waals surface area contributed by atoms with Crippen molar-refractivity contribution >= 4 is 29.1 Å². The lowest BCUT2D eigenvalue weighted by Crippen LogP contribution is -2.57. The highest BCUT2D eigenvalue weighted by molar-refractivity contribution is 6.33. The van der Waals surface area contributed by atoms with Crippen molar-refractivity contribution in [3.05, 3.63) is 64.7 Å². The minimum Gasteiger partial charge on any atom is -0.325 e. The quantitative estimate of drug-likeness (QED) is 0.762. The molecule has 2 amide bonds. The lowest BCUT2D eigenvalue weighted by Gasteiger charge is -2.39. The summed E-state index contributed by atoms with van der Waals surface area (Å²) in [4.78, 5) is 28.3. The van der Waals surface area contributed by atoms with Gasteiger partial charge in [-0.3, -0.25) is 9.59 Å². The highest BCUT2D eigenvalue weighted by atomic mass is 35.5. The Morgan fingerprint density at radius 2 is 1.70 bits per heavy atom. The molecule has 1 aliphatic heterocycles. The SMILES string of the molecule is C[C@H]1C(=O)N(c2ccccc2Cl)CCN1C(=O)c1ccc(C(F)(F)F)cc1. The van der Waals surface area contributed by atoms with Gasteiger partial charge in [0.2, 0.25) is 5.91 Å². The third kappa shape index (κ3) is 3.78. The van der Waals surface area contributed by atoms with Crippen molar-refractivity contribution in [1.82, 2.24) is 4.90 Å². The van der Waals surface area contributed by atoms with E-state index in [2.05, 4.69) is 0 Å². The molecule has 1 atom stereocenters. The Bertz CT molecular complexity index is 868. The van der Waals surface area contributed by atoms with Crippen molar-refractivity contribution in [3.63, 3.8) is 0 Å². The molecule has 8 heteroatoms. The van der Waals surface area contributed by atoms with Crippen molar-refractivity contribution < 1.29 is 22.8 Å². The Labute approximate surface area is 159 Å². The fraction of sp³-hybridized carbons (Fsp3) is 0.263. The summed E-state index contributed by atoms with van der Waals surface area (Å²) in [6, 6.07) is 10.1. The summed E-state index contributed by atoms with van der Waals surface area (Å²) in [5.41, 5.74) is -0.154. The molecular formula is C19H16ClF3N2O2. The van der Waals surface area contributed by atoms with Crippen LogP contribution in [-0.2, 0) is 11.0 Å². The van der Waals surface area contributed by atoms with Crippen LogP contribution in [0.3, 0.4) is 0 Å². The van der Waals surface area contributed by atoms with E-state index < -0.39 is 23.7 Å². The van der Waals surface area contributed by atoms with Crippen LogP contribution < -0.4 is 4.90 Å². The molecule has 4 nitrogen and oxygen atoms in total. The molecule has 27 heavy (non-hydrogen) atoms. The highest BCUT2D eigenvalue weighted by Crippen LogP contribution is 2.30. The van der Waals surface area contributed by atoms with Gasteiger partial charge in [-0.15, -0.1) is 0 Å². The minimum absolute atomic E-state index is 0.105. The second kappa shape index (κ2) is 7.23. The van der Waals surface area contributed by atoms with E-state index in [0.29, 0.717) is 10.7 Å². The summed E-state index contributed by atoms with van der Waals surface area (Å²) in [7, 11) is 0. The van der Waals surface area contributed by atoms with Gasteiger partial charge in [0.1, 0.15) is 6.04 Å². The third-order valence-electron chi connectivity index (χ3n) is 4.52. The number of carbonyl (C=O) groups is 2. The molecule has 1 aliphatic rings. The smallest absolute Gasteiger partial charge is 0.325 e. The van der Waals surface area contributed by atoms with Crippen LogP contribution in [0.5, 0.6) is 0 Å². The summed E-state index contributed by atoms with van der Waals surface area (Å²) < 4.78 is 38.0. The second-order valence-electron chi connectivity index (χ2n) is 6.19. The van der Waals surface area contributed by atoms with E-state index in [9.17, 15) is 22.8 Å². The van der Waals surface area contributed by atoms with Crippen LogP contribution in [0, 0.1) is 0 Å². The molecule has 0 bridgehead atoms. The van der Waals surface area contributed by atoms with Crippen molar-refractivity contribution in [2.75, 3.05) is 18.0 Å². The average molecular weight is 397 g/mol. The van der Waals surface area contributed by atoms with Crippen LogP contribution in [0.4, 0.5) is 18.9 Å². The zero-order valence-electron chi connectivity index (χ0n) is 14.3. The topological polar surface area (TPSA) is 40.6 Å². The predicted octanol–water partition coefficient (Wildman–Crippen LogP) is 4.24. The molecule has 2 aromatic rings. The second-order valence-corrected chi connectivity index (χ2v) is 6.60. The Kier molecular flexibility index (Phi) is 5.15. The summed E-state index contributed by atoms with van der Waals surface area (Å²) >= 11 is 6.15. The molecule has 1 fully saturated rings. The van der Waals surface area contributed by atoms with Gasteiger partial charge in [-0.2, -0.15) is 13.2 Å². The van der Waals surface area contributed by atoms with E-state index in [-0.39, 0.29) is 24.6 Å². The Hall–Kier alpha value is -2.54. The predicted molar refractivity (Wildman–Crippen MR) is 95.7 cm³/mol. The molecule has 0 spiro atoms. The van der Waals surface area contributed by atoms with E-state index >= 15 is 0 Å². The fourth-order valence-electron chi connectivity index (χ4n) is 3.03. The largest absolute Gasteiger partial charge is 0.416 e. The van der Waals surface area contributed by atoms with Crippen LogP contribution in [-0.4, -0.2) is 35.8 Å².